The van der Waals surface area contributed by atoms with Crippen molar-refractivity contribution < 1.29 is 12.8 Å². The molecule has 1 saturated carbocycles. The van der Waals surface area contributed by atoms with Crippen LogP contribution in [-0.4, -0.2) is 25.8 Å². The standard InChI is InChI=1S/C13H14BrFN2O2S/c1-2-5-17(8-9-3-4-9)20(18,19)13-7-12(16)10(14)6-11(13)15/h1,6-7,9H,3-5,8,16H2. The summed E-state index contributed by atoms with van der Waals surface area (Å²) < 4.78 is 40.4. The first-order valence-corrected chi connectivity index (χ1v) is 8.27. The molecular formula is C13H14BrFN2O2S. The predicted octanol–water partition coefficient (Wildman–Crippen LogP) is 2.20. The molecule has 1 fully saturated rings. The molecule has 0 spiro atoms. The highest BCUT2D eigenvalue weighted by Gasteiger charge is 2.33. The molecule has 4 nitrogen and oxygen atoms in total. The van der Waals surface area contributed by atoms with E-state index in [0.717, 1.165) is 29.3 Å². The lowest BCUT2D eigenvalue weighted by Crippen LogP contribution is -2.34. The number of sulfonamides is 1. The number of nitrogens with two attached hydrogens (primary N) is 1. The Balaban J connectivity index is 2.41. The van der Waals surface area contributed by atoms with E-state index in [4.69, 9.17) is 12.2 Å². The van der Waals surface area contributed by atoms with Gasteiger partial charge in [-0.05, 0) is 46.8 Å². The van der Waals surface area contributed by atoms with E-state index in [2.05, 4.69) is 21.9 Å². The Hall–Kier alpha value is -1.10. The van der Waals surface area contributed by atoms with Gasteiger partial charge in [-0.1, -0.05) is 5.92 Å². The SMILES string of the molecule is C#CCN(CC1CC1)S(=O)(=O)c1cc(N)c(Br)cc1F. The molecule has 1 aromatic rings. The largest absolute Gasteiger partial charge is 0.398 e. The van der Waals surface area contributed by atoms with Crippen LogP contribution in [0.3, 0.4) is 0 Å². The van der Waals surface area contributed by atoms with Gasteiger partial charge in [-0.25, -0.2) is 12.8 Å². The molecule has 0 heterocycles. The van der Waals surface area contributed by atoms with Crippen molar-refractivity contribution in [2.24, 2.45) is 5.92 Å². The second kappa shape index (κ2) is 5.72. The van der Waals surface area contributed by atoms with Crippen molar-refractivity contribution in [1.29, 1.82) is 0 Å². The van der Waals surface area contributed by atoms with Crippen LogP contribution in [0.2, 0.25) is 0 Å². The molecule has 0 amide bonds. The van der Waals surface area contributed by atoms with E-state index in [1.807, 2.05) is 0 Å². The fourth-order valence-corrected chi connectivity index (χ4v) is 3.65. The summed E-state index contributed by atoms with van der Waals surface area (Å²) in [5.41, 5.74) is 5.80. The number of halogens is 2. The van der Waals surface area contributed by atoms with Gasteiger partial charge in [0.25, 0.3) is 0 Å². The Kier molecular flexibility index (Phi) is 4.37. The van der Waals surface area contributed by atoms with Crippen molar-refractivity contribution >= 4 is 31.6 Å². The number of nitrogens with zero attached hydrogens (tertiary/aromatic N) is 1. The zero-order chi connectivity index (χ0) is 14.9. The van der Waals surface area contributed by atoms with Crippen molar-refractivity contribution in [3.05, 3.63) is 22.4 Å². The lowest BCUT2D eigenvalue weighted by molar-refractivity contribution is 0.426. The number of rotatable bonds is 5. The fourth-order valence-electron chi connectivity index (χ4n) is 1.82. The second-order valence-electron chi connectivity index (χ2n) is 4.75. The molecule has 0 radical (unpaired) electrons. The smallest absolute Gasteiger partial charge is 0.246 e. The number of nitrogen functional groups attached to an aromatic ring is 1. The highest BCUT2D eigenvalue weighted by atomic mass is 79.9. The van der Waals surface area contributed by atoms with E-state index in [1.165, 1.54) is 0 Å². The van der Waals surface area contributed by atoms with Gasteiger partial charge in [-0.15, -0.1) is 6.42 Å². The van der Waals surface area contributed by atoms with Gasteiger partial charge in [0, 0.05) is 16.7 Å². The molecule has 2 N–H and O–H groups in total. The van der Waals surface area contributed by atoms with Gasteiger partial charge in [0.1, 0.15) is 10.7 Å². The van der Waals surface area contributed by atoms with Gasteiger partial charge in [-0.2, -0.15) is 4.31 Å². The molecule has 0 saturated heterocycles. The molecule has 0 aromatic heterocycles. The summed E-state index contributed by atoms with van der Waals surface area (Å²) in [6.45, 7) is 0.246. The number of terminal acetylenes is 1. The Bertz CT molecular complexity index is 666. The minimum Gasteiger partial charge on any atom is -0.398 e. The first-order valence-electron chi connectivity index (χ1n) is 6.04. The Morgan fingerprint density at radius 2 is 2.15 bits per heavy atom. The van der Waals surface area contributed by atoms with Crippen molar-refractivity contribution in [3.63, 3.8) is 0 Å². The summed E-state index contributed by atoms with van der Waals surface area (Å²) in [4.78, 5) is -0.436. The van der Waals surface area contributed by atoms with Crippen molar-refractivity contribution in [1.82, 2.24) is 4.31 Å². The number of hydrogen-bond donors (Lipinski definition) is 1. The van der Waals surface area contributed by atoms with E-state index < -0.39 is 20.7 Å². The topological polar surface area (TPSA) is 63.4 Å². The third kappa shape index (κ3) is 3.14. The normalized spacial score (nSPS) is 15.3. The third-order valence-corrected chi connectivity index (χ3v) is 5.61. The molecule has 108 valence electrons. The summed E-state index contributed by atoms with van der Waals surface area (Å²) in [6.07, 6.45) is 7.16. The predicted molar refractivity (Wildman–Crippen MR) is 78.8 cm³/mol. The van der Waals surface area contributed by atoms with Crippen LogP contribution in [0.25, 0.3) is 0 Å². The summed E-state index contributed by atoms with van der Waals surface area (Å²) in [5.74, 6) is 1.78. The molecular weight excluding hydrogens is 347 g/mol. The summed E-state index contributed by atoms with van der Waals surface area (Å²) in [7, 11) is -3.97. The molecule has 0 atom stereocenters. The average molecular weight is 361 g/mol. The van der Waals surface area contributed by atoms with Crippen LogP contribution in [0.4, 0.5) is 10.1 Å². The van der Waals surface area contributed by atoms with E-state index in [1.54, 1.807) is 0 Å². The fraction of sp³-hybridized carbons (Fsp3) is 0.385. The van der Waals surface area contributed by atoms with Gasteiger partial charge in [0.05, 0.1) is 6.54 Å². The maximum atomic E-state index is 13.9. The molecule has 0 bridgehead atoms. The van der Waals surface area contributed by atoms with E-state index in [-0.39, 0.29) is 12.2 Å². The first kappa shape index (κ1) is 15.3. The number of hydrogen-bond acceptors (Lipinski definition) is 3. The van der Waals surface area contributed by atoms with Crippen LogP contribution in [0.5, 0.6) is 0 Å². The van der Waals surface area contributed by atoms with E-state index in [9.17, 15) is 12.8 Å². The third-order valence-electron chi connectivity index (χ3n) is 3.10. The molecule has 1 aliphatic carbocycles. The van der Waals surface area contributed by atoms with Crippen LogP contribution < -0.4 is 5.73 Å². The first-order chi connectivity index (χ1) is 9.36. The van der Waals surface area contributed by atoms with Gasteiger partial charge < -0.3 is 5.73 Å². The van der Waals surface area contributed by atoms with Gasteiger partial charge in [0.15, 0.2) is 0 Å². The minimum atomic E-state index is -3.97. The maximum Gasteiger partial charge on any atom is 0.246 e. The highest BCUT2D eigenvalue weighted by Crippen LogP contribution is 2.33. The Morgan fingerprint density at radius 1 is 1.50 bits per heavy atom. The van der Waals surface area contributed by atoms with E-state index in [0.29, 0.717) is 16.9 Å². The van der Waals surface area contributed by atoms with Crippen molar-refractivity contribution in [2.75, 3.05) is 18.8 Å². The summed E-state index contributed by atoms with van der Waals surface area (Å²) >= 11 is 3.06. The quantitative estimate of drug-likeness (QED) is 0.646. The number of anilines is 1. The molecule has 1 aliphatic rings. The van der Waals surface area contributed by atoms with Gasteiger partial charge >= 0.3 is 0 Å². The van der Waals surface area contributed by atoms with E-state index >= 15 is 0 Å². The van der Waals surface area contributed by atoms with Crippen molar-refractivity contribution in [2.45, 2.75) is 17.7 Å². The van der Waals surface area contributed by atoms with Crippen LogP contribution in [0.1, 0.15) is 12.8 Å². The lowest BCUT2D eigenvalue weighted by Gasteiger charge is -2.20. The van der Waals surface area contributed by atoms with Crippen LogP contribution >= 0.6 is 15.9 Å². The number of benzene rings is 1. The van der Waals surface area contributed by atoms with Crippen molar-refractivity contribution in [3.8, 4) is 12.3 Å². The molecule has 1 aromatic carbocycles. The Labute approximate surface area is 126 Å². The zero-order valence-corrected chi connectivity index (χ0v) is 13.0. The van der Waals surface area contributed by atoms with Crippen LogP contribution in [0.15, 0.2) is 21.5 Å². The Morgan fingerprint density at radius 3 is 2.70 bits per heavy atom. The second-order valence-corrected chi connectivity index (χ2v) is 7.51. The van der Waals surface area contributed by atoms with Gasteiger partial charge in [0.2, 0.25) is 10.0 Å². The lowest BCUT2D eigenvalue weighted by atomic mass is 10.3. The summed E-state index contributed by atoms with van der Waals surface area (Å²) in [5, 5.41) is 0. The molecule has 7 heteroatoms. The van der Waals surface area contributed by atoms with Crippen LogP contribution in [-0.2, 0) is 10.0 Å². The molecule has 0 aliphatic heterocycles. The minimum absolute atomic E-state index is 0.0752. The average Bonchev–Trinajstić information content (AvgIpc) is 3.17. The van der Waals surface area contributed by atoms with Crippen LogP contribution in [0, 0.1) is 24.1 Å². The maximum absolute atomic E-state index is 13.9. The summed E-state index contributed by atoms with van der Waals surface area (Å²) in [6, 6.07) is 2.17. The molecule has 2 rings (SSSR count). The monoisotopic (exact) mass is 360 g/mol. The zero-order valence-electron chi connectivity index (χ0n) is 10.6. The highest BCUT2D eigenvalue weighted by molar-refractivity contribution is 9.10. The molecule has 0 unspecified atom stereocenters. The van der Waals surface area contributed by atoms with Gasteiger partial charge in [-0.3, -0.25) is 0 Å². The molecule has 20 heavy (non-hydrogen) atoms.